The minimum atomic E-state index is -0.534. The molecule has 2 aromatic rings. The molecule has 0 fully saturated rings. The van der Waals surface area contributed by atoms with E-state index in [4.69, 9.17) is 5.84 Å². The second-order valence-corrected chi connectivity index (χ2v) is 3.98. The fourth-order valence-corrected chi connectivity index (χ4v) is 1.86. The summed E-state index contributed by atoms with van der Waals surface area (Å²) in [7, 11) is 0. The number of nitrogens with zero attached hydrogens (tertiary/aromatic N) is 2. The molecular formula is C12H14N4O3. The molecule has 0 bridgehead atoms. The fraction of sp³-hybridized carbons (Fsp3) is 0.250. The molecule has 0 aliphatic rings. The monoisotopic (exact) mass is 262 g/mol. The first-order valence-corrected chi connectivity index (χ1v) is 5.75. The number of hydrogen-bond acceptors (Lipinski definition) is 6. The van der Waals surface area contributed by atoms with Gasteiger partial charge in [-0.2, -0.15) is 0 Å². The molecule has 0 saturated heterocycles. The third-order valence-corrected chi connectivity index (χ3v) is 2.73. The van der Waals surface area contributed by atoms with Gasteiger partial charge in [0, 0.05) is 6.54 Å². The average Bonchev–Trinajstić information content (AvgIpc) is 2.39. The van der Waals surface area contributed by atoms with E-state index in [2.05, 4.69) is 9.82 Å². The van der Waals surface area contributed by atoms with Crippen LogP contribution in [0.1, 0.15) is 12.1 Å². The number of hydrogen-bond donors (Lipinski definition) is 2. The second kappa shape index (κ2) is 5.59. The van der Waals surface area contributed by atoms with E-state index >= 15 is 0 Å². The first kappa shape index (κ1) is 13.2. The maximum Gasteiger partial charge on any atom is 0.328 e. The Morgan fingerprint density at radius 2 is 2.21 bits per heavy atom. The largest absolute Gasteiger partial charge is 0.356 e. The predicted molar refractivity (Wildman–Crippen MR) is 68.8 cm³/mol. The lowest BCUT2D eigenvalue weighted by atomic mass is 10.2. The van der Waals surface area contributed by atoms with Gasteiger partial charge in [-0.3, -0.25) is 9.59 Å². The summed E-state index contributed by atoms with van der Waals surface area (Å²) in [5, 5.41) is 0. The molecule has 3 N–H and O–H groups in total. The van der Waals surface area contributed by atoms with Crippen LogP contribution in [-0.4, -0.2) is 15.5 Å². The van der Waals surface area contributed by atoms with Crippen LogP contribution < -0.4 is 17.0 Å². The van der Waals surface area contributed by atoms with Gasteiger partial charge in [-0.1, -0.05) is 17.7 Å². The highest BCUT2D eigenvalue weighted by molar-refractivity contribution is 5.75. The van der Waals surface area contributed by atoms with Crippen molar-refractivity contribution in [1.82, 2.24) is 15.1 Å². The molecule has 1 heterocycles. The number of aryl methyl sites for hydroxylation is 2. The van der Waals surface area contributed by atoms with Crippen molar-refractivity contribution in [1.29, 1.82) is 0 Å². The number of para-hydroxylation sites is 2. The molecule has 7 nitrogen and oxygen atoms in total. The van der Waals surface area contributed by atoms with Crippen molar-refractivity contribution in [3.05, 3.63) is 40.3 Å². The van der Waals surface area contributed by atoms with E-state index in [0.717, 1.165) is 0 Å². The molecule has 100 valence electrons. The van der Waals surface area contributed by atoms with Gasteiger partial charge in [0.05, 0.1) is 17.5 Å². The van der Waals surface area contributed by atoms with Crippen molar-refractivity contribution in [2.75, 3.05) is 0 Å². The van der Waals surface area contributed by atoms with Gasteiger partial charge >= 0.3 is 5.97 Å². The summed E-state index contributed by atoms with van der Waals surface area (Å²) in [6, 6.07) is 7.26. The van der Waals surface area contributed by atoms with Gasteiger partial charge in [0.1, 0.15) is 5.69 Å². The summed E-state index contributed by atoms with van der Waals surface area (Å²) in [5.74, 6) is 4.34. The minimum Gasteiger partial charge on any atom is -0.356 e. The molecule has 7 heteroatoms. The van der Waals surface area contributed by atoms with Crippen LogP contribution in [0.5, 0.6) is 0 Å². The number of rotatable bonds is 4. The Hall–Kier alpha value is -2.25. The highest BCUT2D eigenvalue weighted by atomic mass is 16.7. The smallest absolute Gasteiger partial charge is 0.328 e. The third kappa shape index (κ3) is 2.78. The van der Waals surface area contributed by atoms with E-state index in [0.29, 0.717) is 16.7 Å². The molecule has 0 unspecified atom stereocenters. The Morgan fingerprint density at radius 1 is 1.47 bits per heavy atom. The summed E-state index contributed by atoms with van der Waals surface area (Å²) in [5.41, 5.74) is 3.39. The number of nitrogens with two attached hydrogens (primary N) is 1. The van der Waals surface area contributed by atoms with Gasteiger partial charge in [-0.15, -0.1) is 0 Å². The molecule has 0 aliphatic carbocycles. The number of aromatic nitrogens is 2. The van der Waals surface area contributed by atoms with E-state index in [1.54, 1.807) is 13.0 Å². The Bertz CT molecular complexity index is 666. The Labute approximate surface area is 108 Å². The van der Waals surface area contributed by atoms with Crippen LogP contribution in [0.2, 0.25) is 0 Å². The number of benzene rings is 1. The number of fused-ring (bicyclic) bond motifs is 1. The van der Waals surface area contributed by atoms with Crippen molar-refractivity contribution in [2.45, 2.75) is 19.9 Å². The van der Waals surface area contributed by atoms with Crippen LogP contribution in [0.15, 0.2) is 29.1 Å². The van der Waals surface area contributed by atoms with Gasteiger partial charge in [0.2, 0.25) is 0 Å². The Morgan fingerprint density at radius 3 is 2.95 bits per heavy atom. The molecule has 0 spiro atoms. The van der Waals surface area contributed by atoms with Crippen molar-refractivity contribution < 1.29 is 9.63 Å². The maximum absolute atomic E-state index is 12.1. The van der Waals surface area contributed by atoms with E-state index in [1.807, 2.05) is 23.8 Å². The molecular weight excluding hydrogens is 248 g/mol. The molecule has 1 aromatic carbocycles. The molecule has 0 amide bonds. The first-order chi connectivity index (χ1) is 9.13. The lowest BCUT2D eigenvalue weighted by Gasteiger charge is -2.10. The number of carbonyl (C=O) groups is 1. The lowest BCUT2D eigenvalue weighted by molar-refractivity contribution is -0.151. The van der Waals surface area contributed by atoms with Gasteiger partial charge in [-0.25, -0.2) is 10.8 Å². The molecule has 2 rings (SSSR count). The van der Waals surface area contributed by atoms with E-state index in [-0.39, 0.29) is 18.5 Å². The van der Waals surface area contributed by atoms with E-state index in [1.165, 1.54) is 4.57 Å². The minimum absolute atomic E-state index is 0.0392. The highest BCUT2D eigenvalue weighted by Crippen LogP contribution is 2.10. The van der Waals surface area contributed by atoms with Gasteiger partial charge in [-0.05, 0) is 19.1 Å². The first-order valence-electron chi connectivity index (χ1n) is 5.75. The quantitative estimate of drug-likeness (QED) is 0.595. The normalized spacial score (nSPS) is 10.6. The van der Waals surface area contributed by atoms with Crippen LogP contribution in [0.25, 0.3) is 11.0 Å². The fourth-order valence-electron chi connectivity index (χ4n) is 1.86. The lowest BCUT2D eigenvalue weighted by Crippen LogP contribution is -2.29. The third-order valence-electron chi connectivity index (χ3n) is 2.73. The second-order valence-electron chi connectivity index (χ2n) is 3.98. The summed E-state index contributed by atoms with van der Waals surface area (Å²) in [4.78, 5) is 31.9. The van der Waals surface area contributed by atoms with Crippen LogP contribution in [-0.2, 0) is 16.2 Å². The van der Waals surface area contributed by atoms with Crippen molar-refractivity contribution >= 4 is 17.0 Å². The average molecular weight is 262 g/mol. The summed E-state index contributed by atoms with van der Waals surface area (Å²) in [6.45, 7) is 1.86. The van der Waals surface area contributed by atoms with Crippen molar-refractivity contribution in [2.24, 2.45) is 5.84 Å². The zero-order valence-electron chi connectivity index (χ0n) is 10.4. The van der Waals surface area contributed by atoms with Crippen LogP contribution >= 0.6 is 0 Å². The summed E-state index contributed by atoms with van der Waals surface area (Å²) in [6.07, 6.45) is 0.0392. The summed E-state index contributed by atoms with van der Waals surface area (Å²) >= 11 is 0. The summed E-state index contributed by atoms with van der Waals surface area (Å²) < 4.78 is 1.51. The van der Waals surface area contributed by atoms with Crippen LogP contribution in [0, 0.1) is 6.92 Å². The highest BCUT2D eigenvalue weighted by Gasteiger charge is 2.10. The van der Waals surface area contributed by atoms with Gasteiger partial charge < -0.3 is 9.40 Å². The number of carbonyl (C=O) groups excluding carboxylic acids is 1. The Kier molecular flexibility index (Phi) is 3.88. The Balaban J connectivity index is 2.38. The SMILES string of the molecule is Cc1nc2ccccc2n(CCC(=O)ONN)c1=O. The maximum atomic E-state index is 12.1. The van der Waals surface area contributed by atoms with Crippen molar-refractivity contribution in [3.8, 4) is 0 Å². The topological polar surface area (TPSA) is 99.2 Å². The van der Waals surface area contributed by atoms with Gasteiger partial charge in [0.25, 0.3) is 5.56 Å². The number of nitrogens with one attached hydrogen (secondary N) is 1. The van der Waals surface area contributed by atoms with Gasteiger partial charge in [0.15, 0.2) is 0 Å². The van der Waals surface area contributed by atoms with E-state index < -0.39 is 5.97 Å². The number of hydrazine groups is 1. The van der Waals surface area contributed by atoms with Crippen LogP contribution in [0.3, 0.4) is 0 Å². The molecule has 0 saturated carbocycles. The van der Waals surface area contributed by atoms with E-state index in [9.17, 15) is 9.59 Å². The van der Waals surface area contributed by atoms with Crippen molar-refractivity contribution in [3.63, 3.8) is 0 Å². The zero-order chi connectivity index (χ0) is 13.8. The van der Waals surface area contributed by atoms with Crippen LogP contribution in [0.4, 0.5) is 0 Å². The standard InChI is InChI=1S/C12H14N4O3/c1-8-12(18)16(7-6-11(17)19-15-13)10-5-3-2-4-9(10)14-8/h2-5,15H,6-7,13H2,1H3. The molecule has 1 aromatic heterocycles. The molecule has 0 aliphatic heterocycles. The molecule has 0 radical (unpaired) electrons. The molecule has 0 atom stereocenters. The zero-order valence-corrected chi connectivity index (χ0v) is 10.4. The molecule has 19 heavy (non-hydrogen) atoms. The predicted octanol–water partition coefficient (Wildman–Crippen LogP) is 0.0165.